The van der Waals surface area contributed by atoms with Crippen LogP contribution in [0.25, 0.3) is 0 Å². The average Bonchev–Trinajstić information content (AvgIpc) is 3.25. The Labute approximate surface area is 190 Å². The Hall–Kier alpha value is -2.59. The van der Waals surface area contributed by atoms with E-state index in [0.717, 1.165) is 27.4 Å². The van der Waals surface area contributed by atoms with E-state index >= 15 is 0 Å². The second-order valence-corrected chi connectivity index (χ2v) is 9.44. The molecule has 2 aliphatic heterocycles. The molecule has 1 atom stereocenters. The van der Waals surface area contributed by atoms with E-state index in [0.29, 0.717) is 27.9 Å². The van der Waals surface area contributed by atoms with Crippen LogP contribution >= 0.6 is 22.9 Å². The van der Waals surface area contributed by atoms with Crippen molar-refractivity contribution in [1.82, 2.24) is 10.2 Å². The van der Waals surface area contributed by atoms with Gasteiger partial charge in [-0.25, -0.2) is 0 Å². The Balaban J connectivity index is 1.43. The summed E-state index contributed by atoms with van der Waals surface area (Å²) in [6.07, 6.45) is -4.16. The Kier molecular flexibility index (Phi) is 6.17. The molecule has 4 rings (SSSR count). The zero-order valence-electron chi connectivity index (χ0n) is 16.7. The third-order valence-electron chi connectivity index (χ3n) is 5.59. The van der Waals surface area contributed by atoms with Gasteiger partial charge < -0.3 is 15.1 Å². The highest BCUT2D eigenvalue weighted by Crippen LogP contribution is 2.28. The quantitative estimate of drug-likeness (QED) is 0.724. The van der Waals surface area contributed by atoms with E-state index in [4.69, 9.17) is 11.6 Å². The van der Waals surface area contributed by atoms with Gasteiger partial charge >= 0.3 is 12.1 Å². The van der Waals surface area contributed by atoms with E-state index in [-0.39, 0.29) is 43.8 Å². The van der Waals surface area contributed by atoms with Gasteiger partial charge in [0.25, 0.3) is 5.91 Å². The first-order valence-corrected chi connectivity index (χ1v) is 11.2. The zero-order chi connectivity index (χ0) is 23.0. The van der Waals surface area contributed by atoms with Crippen molar-refractivity contribution in [2.75, 3.05) is 24.5 Å². The van der Waals surface area contributed by atoms with Crippen LogP contribution in [0.15, 0.2) is 30.3 Å². The molecule has 0 aliphatic carbocycles. The minimum atomic E-state index is -4.89. The molecule has 32 heavy (non-hydrogen) atoms. The van der Waals surface area contributed by atoms with Crippen LogP contribution in [-0.4, -0.2) is 54.5 Å². The number of benzene rings is 1. The molecule has 2 aliphatic rings. The smallest absolute Gasteiger partial charge is 0.346 e. The molecule has 3 heterocycles. The standard InChI is InChI=1S/C21H19ClF3N3O3S/c22-17-4-3-16(32-17)19(30)26-14-10-18(29)28(11-14)15-2-1-12-5-7-27(8-6-13(12)9-15)20(31)21(23,24)25/h1-4,9,14H,5-8,10-11H2,(H,26,30). The van der Waals surface area contributed by atoms with Crippen LogP contribution in [-0.2, 0) is 22.4 Å². The van der Waals surface area contributed by atoms with Crippen LogP contribution in [0.4, 0.5) is 18.9 Å². The Morgan fingerprint density at radius 1 is 1.09 bits per heavy atom. The molecular formula is C21H19ClF3N3O3S. The minimum Gasteiger partial charge on any atom is -0.346 e. The van der Waals surface area contributed by atoms with Gasteiger partial charge in [0.15, 0.2) is 0 Å². The average molecular weight is 486 g/mol. The highest BCUT2D eigenvalue weighted by molar-refractivity contribution is 7.18. The van der Waals surface area contributed by atoms with E-state index in [1.54, 1.807) is 35.2 Å². The number of amides is 3. The monoisotopic (exact) mass is 485 g/mol. The maximum Gasteiger partial charge on any atom is 0.471 e. The fourth-order valence-electron chi connectivity index (χ4n) is 4.01. The van der Waals surface area contributed by atoms with Crippen LogP contribution < -0.4 is 10.2 Å². The molecule has 0 spiro atoms. The van der Waals surface area contributed by atoms with E-state index in [2.05, 4.69) is 5.32 Å². The number of fused-ring (bicyclic) bond motifs is 1. The first-order valence-electron chi connectivity index (χ1n) is 9.96. The minimum absolute atomic E-state index is 0.00578. The number of rotatable bonds is 3. The Bertz CT molecular complexity index is 1070. The lowest BCUT2D eigenvalue weighted by Crippen LogP contribution is -2.42. The lowest BCUT2D eigenvalue weighted by Gasteiger charge is -2.21. The van der Waals surface area contributed by atoms with Gasteiger partial charge in [0, 0.05) is 31.7 Å². The number of anilines is 1. The third kappa shape index (κ3) is 4.75. The number of carbonyl (C=O) groups excluding carboxylic acids is 3. The highest BCUT2D eigenvalue weighted by Gasteiger charge is 2.42. The molecule has 6 nitrogen and oxygen atoms in total. The van der Waals surface area contributed by atoms with Gasteiger partial charge in [-0.1, -0.05) is 17.7 Å². The van der Waals surface area contributed by atoms with Gasteiger partial charge in [-0.05, 0) is 48.2 Å². The predicted octanol–water partition coefficient (Wildman–Crippen LogP) is 3.43. The molecule has 170 valence electrons. The molecule has 3 amide bonds. The summed E-state index contributed by atoms with van der Waals surface area (Å²) in [7, 11) is 0. The van der Waals surface area contributed by atoms with E-state index in [9.17, 15) is 27.6 Å². The van der Waals surface area contributed by atoms with Gasteiger partial charge in [0.2, 0.25) is 5.91 Å². The maximum absolute atomic E-state index is 12.8. The van der Waals surface area contributed by atoms with E-state index < -0.39 is 12.1 Å². The summed E-state index contributed by atoms with van der Waals surface area (Å²) >= 11 is 7.02. The van der Waals surface area contributed by atoms with Crippen molar-refractivity contribution in [2.24, 2.45) is 0 Å². The topological polar surface area (TPSA) is 69.7 Å². The van der Waals surface area contributed by atoms with Crippen molar-refractivity contribution < 1.29 is 27.6 Å². The largest absolute Gasteiger partial charge is 0.471 e. The van der Waals surface area contributed by atoms with Crippen molar-refractivity contribution in [1.29, 1.82) is 0 Å². The molecule has 11 heteroatoms. The zero-order valence-corrected chi connectivity index (χ0v) is 18.3. The fraction of sp³-hybridized carbons (Fsp3) is 0.381. The summed E-state index contributed by atoms with van der Waals surface area (Å²) in [5.41, 5.74) is 2.30. The summed E-state index contributed by atoms with van der Waals surface area (Å²) in [5, 5.41) is 2.84. The molecule has 1 aromatic heterocycles. The molecule has 0 saturated carbocycles. The SMILES string of the molecule is O=C(NC1CC(=O)N(c2ccc3c(c2)CCN(C(=O)C(F)(F)F)CC3)C1)c1ccc(Cl)s1. The summed E-state index contributed by atoms with van der Waals surface area (Å²) in [6, 6.07) is 8.22. The molecule has 2 aromatic rings. The van der Waals surface area contributed by atoms with E-state index in [1.807, 2.05) is 0 Å². The molecule has 1 saturated heterocycles. The number of alkyl halides is 3. The molecule has 0 radical (unpaired) electrons. The first-order chi connectivity index (χ1) is 15.1. The number of nitrogens with one attached hydrogen (secondary N) is 1. The molecule has 0 bridgehead atoms. The van der Waals surface area contributed by atoms with Crippen LogP contribution in [0.3, 0.4) is 0 Å². The number of nitrogens with zero attached hydrogens (tertiary/aromatic N) is 2. The number of hydrogen-bond donors (Lipinski definition) is 1. The number of hydrogen-bond acceptors (Lipinski definition) is 4. The van der Waals surface area contributed by atoms with Gasteiger partial charge in [-0.3, -0.25) is 14.4 Å². The van der Waals surface area contributed by atoms with Gasteiger partial charge in [-0.2, -0.15) is 13.2 Å². The van der Waals surface area contributed by atoms with Crippen molar-refractivity contribution in [3.63, 3.8) is 0 Å². The number of thiophene rings is 1. The van der Waals surface area contributed by atoms with Crippen LogP contribution in [0.2, 0.25) is 4.34 Å². The summed E-state index contributed by atoms with van der Waals surface area (Å²) in [4.78, 5) is 39.3. The fourth-order valence-corrected chi connectivity index (χ4v) is 4.95. The van der Waals surface area contributed by atoms with Crippen molar-refractivity contribution in [3.05, 3.63) is 50.7 Å². The Morgan fingerprint density at radius 2 is 1.81 bits per heavy atom. The van der Waals surface area contributed by atoms with Crippen molar-refractivity contribution in [2.45, 2.75) is 31.5 Å². The van der Waals surface area contributed by atoms with Gasteiger partial charge in [-0.15, -0.1) is 11.3 Å². The normalized spacial score (nSPS) is 19.0. The Morgan fingerprint density at radius 3 is 2.47 bits per heavy atom. The molecule has 1 aromatic carbocycles. The highest BCUT2D eigenvalue weighted by atomic mass is 35.5. The third-order valence-corrected chi connectivity index (χ3v) is 6.82. The summed E-state index contributed by atoms with van der Waals surface area (Å²) in [5.74, 6) is -2.27. The molecule has 1 unspecified atom stereocenters. The number of halogens is 4. The lowest BCUT2D eigenvalue weighted by atomic mass is 10.0. The molecule has 1 N–H and O–H groups in total. The first kappa shape index (κ1) is 22.6. The second-order valence-electron chi connectivity index (χ2n) is 7.73. The van der Waals surface area contributed by atoms with Gasteiger partial charge in [0.1, 0.15) is 0 Å². The van der Waals surface area contributed by atoms with Gasteiger partial charge in [0.05, 0.1) is 15.3 Å². The summed E-state index contributed by atoms with van der Waals surface area (Å²) in [6.45, 7) is 0.250. The van der Waals surface area contributed by atoms with E-state index in [1.165, 1.54) is 0 Å². The molecule has 1 fully saturated rings. The van der Waals surface area contributed by atoms with Crippen LogP contribution in [0, 0.1) is 0 Å². The van der Waals surface area contributed by atoms with Crippen LogP contribution in [0.5, 0.6) is 0 Å². The number of carbonyl (C=O) groups is 3. The van der Waals surface area contributed by atoms with Crippen LogP contribution in [0.1, 0.15) is 27.2 Å². The van der Waals surface area contributed by atoms with Crippen molar-refractivity contribution >= 4 is 46.3 Å². The maximum atomic E-state index is 12.8. The predicted molar refractivity (Wildman–Crippen MR) is 114 cm³/mol. The lowest BCUT2D eigenvalue weighted by molar-refractivity contribution is -0.185. The summed E-state index contributed by atoms with van der Waals surface area (Å²) < 4.78 is 38.8. The van der Waals surface area contributed by atoms with Crippen molar-refractivity contribution in [3.8, 4) is 0 Å². The molecular weight excluding hydrogens is 467 g/mol. The second kappa shape index (κ2) is 8.74.